The Hall–Kier alpha value is -2.81. The quantitative estimate of drug-likeness (QED) is 0.524. The summed E-state index contributed by atoms with van der Waals surface area (Å²) >= 11 is 0. The van der Waals surface area contributed by atoms with Crippen LogP contribution in [-0.2, 0) is 13.1 Å². The molecule has 0 radical (unpaired) electrons. The first-order chi connectivity index (χ1) is 14.2. The van der Waals surface area contributed by atoms with Crippen molar-refractivity contribution in [3.05, 3.63) is 95.3 Å². The second-order valence-corrected chi connectivity index (χ2v) is 8.21. The summed E-state index contributed by atoms with van der Waals surface area (Å²) in [6.45, 7) is 3.63. The molecule has 1 aromatic heterocycles. The topological polar surface area (TPSA) is 25.2 Å². The highest BCUT2D eigenvalue weighted by molar-refractivity contribution is 5.94. The molecular formula is C26H30N2O. The average Bonchev–Trinajstić information content (AvgIpc) is 3.19. The van der Waals surface area contributed by atoms with Gasteiger partial charge in [0.05, 0.1) is 6.54 Å². The van der Waals surface area contributed by atoms with E-state index in [0.29, 0.717) is 12.6 Å². The molecule has 0 atom stereocenters. The first-order valence-electron chi connectivity index (χ1n) is 10.8. The van der Waals surface area contributed by atoms with E-state index < -0.39 is 0 Å². The lowest BCUT2D eigenvalue weighted by Gasteiger charge is -2.35. The molecule has 1 aliphatic rings. The van der Waals surface area contributed by atoms with E-state index in [0.717, 1.165) is 24.9 Å². The van der Waals surface area contributed by atoms with Crippen molar-refractivity contribution in [2.75, 3.05) is 0 Å². The van der Waals surface area contributed by atoms with Crippen molar-refractivity contribution in [2.24, 2.45) is 0 Å². The van der Waals surface area contributed by atoms with Gasteiger partial charge < -0.3 is 9.47 Å². The number of carbonyl (C=O) groups is 1. The Morgan fingerprint density at radius 1 is 0.966 bits per heavy atom. The van der Waals surface area contributed by atoms with Gasteiger partial charge in [0.15, 0.2) is 0 Å². The molecular weight excluding hydrogens is 356 g/mol. The molecule has 4 rings (SSSR count). The van der Waals surface area contributed by atoms with Crippen LogP contribution in [0.1, 0.15) is 59.3 Å². The predicted molar refractivity (Wildman–Crippen MR) is 118 cm³/mol. The number of aryl methyl sites for hydroxylation is 1. The lowest BCUT2D eigenvalue weighted by Crippen LogP contribution is -2.41. The van der Waals surface area contributed by atoms with E-state index in [1.807, 2.05) is 30.3 Å². The fourth-order valence-corrected chi connectivity index (χ4v) is 4.43. The average molecular weight is 387 g/mol. The third-order valence-corrected chi connectivity index (χ3v) is 5.99. The van der Waals surface area contributed by atoms with Gasteiger partial charge in [-0.25, -0.2) is 0 Å². The first kappa shape index (κ1) is 19.5. The van der Waals surface area contributed by atoms with E-state index in [-0.39, 0.29) is 5.91 Å². The molecule has 3 heteroatoms. The second kappa shape index (κ2) is 9.13. The molecule has 0 spiro atoms. The zero-order valence-corrected chi connectivity index (χ0v) is 17.3. The Balaban J connectivity index is 1.58. The van der Waals surface area contributed by atoms with Crippen LogP contribution in [0.25, 0.3) is 0 Å². The molecule has 0 bridgehead atoms. The fraction of sp³-hybridized carbons (Fsp3) is 0.346. The van der Waals surface area contributed by atoms with Crippen molar-refractivity contribution in [1.29, 1.82) is 0 Å². The van der Waals surface area contributed by atoms with Gasteiger partial charge in [-0.3, -0.25) is 4.79 Å². The smallest absolute Gasteiger partial charge is 0.254 e. The lowest BCUT2D eigenvalue weighted by molar-refractivity contribution is 0.0608. The largest absolute Gasteiger partial charge is 0.345 e. The Kier molecular flexibility index (Phi) is 6.14. The predicted octanol–water partition coefficient (Wildman–Crippen LogP) is 5.82. The molecule has 1 fully saturated rings. The maximum Gasteiger partial charge on any atom is 0.254 e. The minimum absolute atomic E-state index is 0.154. The van der Waals surface area contributed by atoms with Gasteiger partial charge in [0.1, 0.15) is 0 Å². The molecule has 1 amide bonds. The standard InChI is InChI=1S/C26H30N2O/c1-21-10-8-11-22(18-21)19-27-17-9-16-25(27)20-28(24-14-6-3-7-15-24)26(29)23-12-4-2-5-13-23/h2,4-5,8-13,16-18,24H,3,6-7,14-15,19-20H2,1H3. The zero-order valence-electron chi connectivity index (χ0n) is 17.3. The normalized spacial score (nSPS) is 14.7. The number of amides is 1. The van der Waals surface area contributed by atoms with Crippen LogP contribution in [0.4, 0.5) is 0 Å². The third-order valence-electron chi connectivity index (χ3n) is 5.99. The van der Waals surface area contributed by atoms with Crippen molar-refractivity contribution >= 4 is 5.91 Å². The van der Waals surface area contributed by atoms with E-state index in [1.165, 1.54) is 36.1 Å². The molecule has 3 aromatic rings. The van der Waals surface area contributed by atoms with Gasteiger partial charge in [0.2, 0.25) is 0 Å². The molecule has 0 N–H and O–H groups in total. The van der Waals surface area contributed by atoms with E-state index >= 15 is 0 Å². The van der Waals surface area contributed by atoms with Gasteiger partial charge in [0, 0.05) is 30.0 Å². The molecule has 1 heterocycles. The molecule has 0 aliphatic heterocycles. The molecule has 1 aliphatic carbocycles. The number of carbonyl (C=O) groups excluding carboxylic acids is 1. The summed E-state index contributed by atoms with van der Waals surface area (Å²) in [7, 11) is 0. The summed E-state index contributed by atoms with van der Waals surface area (Å²) in [5, 5.41) is 0. The van der Waals surface area contributed by atoms with E-state index in [9.17, 15) is 4.79 Å². The van der Waals surface area contributed by atoms with Gasteiger partial charge in [-0.15, -0.1) is 0 Å². The van der Waals surface area contributed by atoms with Gasteiger partial charge in [0.25, 0.3) is 5.91 Å². The summed E-state index contributed by atoms with van der Waals surface area (Å²) in [5.74, 6) is 0.154. The maximum atomic E-state index is 13.4. The molecule has 1 saturated carbocycles. The van der Waals surface area contributed by atoms with Crippen LogP contribution in [0.5, 0.6) is 0 Å². The fourth-order valence-electron chi connectivity index (χ4n) is 4.43. The molecule has 150 valence electrons. The number of hydrogen-bond donors (Lipinski definition) is 0. The maximum absolute atomic E-state index is 13.4. The summed E-state index contributed by atoms with van der Waals surface area (Å²) < 4.78 is 2.28. The summed E-state index contributed by atoms with van der Waals surface area (Å²) in [6, 6.07) is 23.0. The molecule has 0 unspecified atom stereocenters. The molecule has 0 saturated heterocycles. The van der Waals surface area contributed by atoms with E-state index in [2.05, 4.69) is 59.0 Å². The first-order valence-corrected chi connectivity index (χ1v) is 10.8. The number of hydrogen-bond acceptors (Lipinski definition) is 1. The van der Waals surface area contributed by atoms with Crippen molar-refractivity contribution in [3.8, 4) is 0 Å². The van der Waals surface area contributed by atoms with Gasteiger partial charge >= 0.3 is 0 Å². The van der Waals surface area contributed by atoms with E-state index in [1.54, 1.807) is 0 Å². The lowest BCUT2D eigenvalue weighted by atomic mass is 9.93. The van der Waals surface area contributed by atoms with Crippen LogP contribution >= 0.6 is 0 Å². The Morgan fingerprint density at radius 2 is 1.76 bits per heavy atom. The Bertz CT molecular complexity index is 938. The second-order valence-electron chi connectivity index (χ2n) is 8.21. The van der Waals surface area contributed by atoms with Crippen molar-refractivity contribution in [3.63, 3.8) is 0 Å². The molecule has 29 heavy (non-hydrogen) atoms. The number of rotatable bonds is 6. The highest BCUT2D eigenvalue weighted by Crippen LogP contribution is 2.26. The Labute approximate surface area is 174 Å². The monoisotopic (exact) mass is 386 g/mol. The van der Waals surface area contributed by atoms with Crippen LogP contribution in [0.3, 0.4) is 0 Å². The highest BCUT2D eigenvalue weighted by Gasteiger charge is 2.27. The van der Waals surface area contributed by atoms with E-state index in [4.69, 9.17) is 0 Å². The minimum Gasteiger partial charge on any atom is -0.345 e. The minimum atomic E-state index is 0.154. The highest BCUT2D eigenvalue weighted by atomic mass is 16.2. The van der Waals surface area contributed by atoms with Crippen LogP contribution < -0.4 is 0 Å². The van der Waals surface area contributed by atoms with Crippen molar-refractivity contribution in [2.45, 2.75) is 58.2 Å². The van der Waals surface area contributed by atoms with Crippen LogP contribution in [0, 0.1) is 6.92 Å². The molecule has 2 aromatic carbocycles. The van der Waals surface area contributed by atoms with Crippen molar-refractivity contribution < 1.29 is 4.79 Å². The van der Waals surface area contributed by atoms with Crippen LogP contribution in [-0.4, -0.2) is 21.4 Å². The van der Waals surface area contributed by atoms with Crippen LogP contribution in [0.15, 0.2) is 72.9 Å². The van der Waals surface area contributed by atoms with Gasteiger partial charge in [-0.2, -0.15) is 0 Å². The van der Waals surface area contributed by atoms with Crippen molar-refractivity contribution in [1.82, 2.24) is 9.47 Å². The SMILES string of the molecule is Cc1cccc(Cn2cccc2CN(C(=O)c2ccccc2)C2CCCCC2)c1. The third kappa shape index (κ3) is 4.79. The number of nitrogens with zero attached hydrogens (tertiary/aromatic N) is 2. The summed E-state index contributed by atoms with van der Waals surface area (Å²) in [5.41, 5.74) is 4.55. The van der Waals surface area contributed by atoms with Gasteiger partial charge in [-0.05, 0) is 49.6 Å². The van der Waals surface area contributed by atoms with Gasteiger partial charge in [-0.1, -0.05) is 67.3 Å². The summed E-state index contributed by atoms with van der Waals surface area (Å²) in [6.07, 6.45) is 8.06. The Morgan fingerprint density at radius 3 is 2.52 bits per heavy atom. The molecule has 3 nitrogen and oxygen atoms in total. The number of aromatic nitrogens is 1. The summed E-state index contributed by atoms with van der Waals surface area (Å²) in [4.78, 5) is 15.5. The van der Waals surface area contributed by atoms with Crippen LogP contribution in [0.2, 0.25) is 0 Å². The number of benzene rings is 2. The zero-order chi connectivity index (χ0) is 20.1.